The normalized spacial score (nSPS) is 26.7. The number of allylic oxidation sites excluding steroid dienone is 1. The molecule has 6 heteroatoms. The minimum atomic E-state index is -4.37. The van der Waals surface area contributed by atoms with E-state index in [4.69, 9.17) is 0 Å². The molecule has 0 amide bonds. The summed E-state index contributed by atoms with van der Waals surface area (Å²) in [6.45, 7) is 6.85. The monoisotopic (exact) mass is 541 g/mol. The van der Waals surface area contributed by atoms with Crippen LogP contribution in [0.5, 0.6) is 0 Å². The molecule has 1 saturated carbocycles. The zero-order valence-corrected chi connectivity index (χ0v) is 22.9. The summed E-state index contributed by atoms with van der Waals surface area (Å²) in [6, 6.07) is 19.6. The van der Waals surface area contributed by atoms with E-state index in [1.807, 2.05) is 0 Å². The van der Waals surface area contributed by atoms with E-state index in [9.17, 15) is 13.2 Å². The van der Waals surface area contributed by atoms with Gasteiger partial charge in [0.1, 0.15) is 5.82 Å². The second-order valence-electron chi connectivity index (χ2n) is 12.2. The molecular weight excluding hydrogens is 507 g/mol. The molecule has 1 N–H and O–H groups in total. The molecule has 206 valence electrons. The Hall–Kier alpha value is -3.38. The molecule has 0 radical (unpaired) electrons. The van der Waals surface area contributed by atoms with Crippen LogP contribution < -0.4 is 0 Å². The van der Waals surface area contributed by atoms with Gasteiger partial charge in [0.15, 0.2) is 0 Å². The Morgan fingerprint density at radius 1 is 1.02 bits per heavy atom. The maximum atomic E-state index is 13.1. The van der Waals surface area contributed by atoms with Gasteiger partial charge in [-0.05, 0) is 97.5 Å². The standard InChI is InChI=1S/C34H34F3N3/c1-21-17-25(32-38-30-12-9-26(34(35,36)37)19-31(30)39-32)8-11-28(21)24-7-10-27(18-24)40-16-15-33(22(2)20-40)14-13-23-5-3-4-6-29(23)33/h3-6,8-9,11-14,17,19,22,24,27H,7,10,15-16,18,20H2,1-2H3,(H,38,39)/t22-,24?,27?,33?/m0/s1. The number of piperidine rings is 1. The number of nitrogens with zero attached hydrogens (tertiary/aromatic N) is 2. The van der Waals surface area contributed by atoms with Crippen LogP contribution in [0.1, 0.15) is 66.3 Å². The SMILES string of the molecule is Cc1cc(-c2nc3ccc(C(F)(F)F)cc3[nH]2)ccc1C1CCC(N2CCC3(C=Cc4ccccc43)[C@@H](C)C2)C1. The lowest BCUT2D eigenvalue weighted by Gasteiger charge is -2.46. The van der Waals surface area contributed by atoms with Gasteiger partial charge in [0.2, 0.25) is 0 Å². The largest absolute Gasteiger partial charge is 0.416 e. The minimum Gasteiger partial charge on any atom is -0.338 e. The number of halogens is 3. The van der Waals surface area contributed by atoms with Crippen LogP contribution in [-0.4, -0.2) is 34.0 Å². The van der Waals surface area contributed by atoms with E-state index in [1.54, 1.807) is 0 Å². The van der Waals surface area contributed by atoms with Crippen molar-refractivity contribution in [3.63, 3.8) is 0 Å². The molecule has 40 heavy (non-hydrogen) atoms. The third-order valence-electron chi connectivity index (χ3n) is 9.94. The zero-order chi connectivity index (χ0) is 27.6. The highest BCUT2D eigenvalue weighted by atomic mass is 19.4. The van der Waals surface area contributed by atoms with Crippen molar-refractivity contribution in [1.82, 2.24) is 14.9 Å². The number of hydrogen-bond donors (Lipinski definition) is 1. The predicted octanol–water partition coefficient (Wildman–Crippen LogP) is 8.50. The summed E-state index contributed by atoms with van der Waals surface area (Å²) in [6.07, 6.45) is 5.20. The Labute approximate surface area is 233 Å². The third-order valence-corrected chi connectivity index (χ3v) is 9.94. The van der Waals surface area contributed by atoms with Gasteiger partial charge < -0.3 is 9.88 Å². The molecular formula is C34H34F3N3. The van der Waals surface area contributed by atoms with E-state index in [0.717, 1.165) is 30.8 Å². The molecule has 4 atom stereocenters. The predicted molar refractivity (Wildman–Crippen MR) is 154 cm³/mol. The van der Waals surface area contributed by atoms with Crippen LogP contribution in [0.3, 0.4) is 0 Å². The molecule has 1 spiro atoms. The number of H-pyrrole nitrogens is 1. The Kier molecular flexibility index (Phi) is 5.97. The molecule has 4 aromatic rings. The van der Waals surface area contributed by atoms with Crippen LogP contribution >= 0.6 is 0 Å². The number of likely N-dealkylation sites (tertiary alicyclic amines) is 1. The van der Waals surface area contributed by atoms with Gasteiger partial charge >= 0.3 is 6.18 Å². The van der Waals surface area contributed by atoms with E-state index >= 15 is 0 Å². The van der Waals surface area contributed by atoms with Crippen LogP contribution in [0, 0.1) is 12.8 Å². The van der Waals surface area contributed by atoms with Gasteiger partial charge in [-0.15, -0.1) is 0 Å². The molecule has 3 nitrogen and oxygen atoms in total. The molecule has 2 heterocycles. The number of aromatic amines is 1. The maximum Gasteiger partial charge on any atom is 0.416 e. The number of benzene rings is 3. The molecule has 3 aromatic carbocycles. The number of fused-ring (bicyclic) bond motifs is 3. The first-order chi connectivity index (χ1) is 19.2. The highest BCUT2D eigenvalue weighted by Gasteiger charge is 2.45. The zero-order valence-electron chi connectivity index (χ0n) is 22.9. The van der Waals surface area contributed by atoms with Crippen molar-refractivity contribution in [3.8, 4) is 11.4 Å². The summed E-state index contributed by atoms with van der Waals surface area (Å²) in [5, 5.41) is 0. The van der Waals surface area contributed by atoms with E-state index in [1.165, 1.54) is 54.0 Å². The summed E-state index contributed by atoms with van der Waals surface area (Å²) in [4.78, 5) is 10.4. The van der Waals surface area contributed by atoms with Gasteiger partial charge in [0.25, 0.3) is 0 Å². The number of alkyl halides is 3. The van der Waals surface area contributed by atoms with E-state index in [0.29, 0.717) is 34.7 Å². The molecule has 0 bridgehead atoms. The molecule has 7 rings (SSSR count). The van der Waals surface area contributed by atoms with Crippen molar-refractivity contribution in [2.24, 2.45) is 5.92 Å². The van der Waals surface area contributed by atoms with Crippen LogP contribution in [-0.2, 0) is 11.6 Å². The Bertz CT molecular complexity index is 1620. The lowest BCUT2D eigenvalue weighted by molar-refractivity contribution is -0.137. The van der Waals surface area contributed by atoms with Crippen molar-refractivity contribution in [3.05, 3.63) is 94.6 Å². The fraction of sp³-hybridized carbons (Fsp3) is 0.382. The lowest BCUT2D eigenvalue weighted by atomic mass is 9.68. The number of aromatic nitrogens is 2. The highest BCUT2D eigenvalue weighted by molar-refractivity contribution is 5.80. The number of hydrogen-bond acceptors (Lipinski definition) is 2. The second-order valence-corrected chi connectivity index (χ2v) is 12.2. The molecule has 3 unspecified atom stereocenters. The molecule has 3 aliphatic rings. The van der Waals surface area contributed by atoms with Crippen molar-refractivity contribution in [2.75, 3.05) is 13.1 Å². The van der Waals surface area contributed by atoms with E-state index in [-0.39, 0.29) is 5.41 Å². The minimum absolute atomic E-state index is 0.183. The first-order valence-electron chi connectivity index (χ1n) is 14.4. The van der Waals surface area contributed by atoms with E-state index in [2.05, 4.69) is 83.3 Å². The van der Waals surface area contributed by atoms with Crippen LogP contribution in [0.15, 0.2) is 66.7 Å². The summed E-state index contributed by atoms with van der Waals surface area (Å²) in [7, 11) is 0. The van der Waals surface area contributed by atoms with Gasteiger partial charge in [0.05, 0.1) is 16.6 Å². The van der Waals surface area contributed by atoms with Crippen LogP contribution in [0.2, 0.25) is 0 Å². The average molecular weight is 542 g/mol. The first kappa shape index (κ1) is 25.6. The lowest BCUT2D eigenvalue weighted by Crippen LogP contribution is -2.50. The Balaban J connectivity index is 1.05. The summed E-state index contributed by atoms with van der Waals surface area (Å²) >= 11 is 0. The van der Waals surface area contributed by atoms with Crippen molar-refractivity contribution in [2.45, 2.75) is 63.1 Å². The molecule has 2 fully saturated rings. The van der Waals surface area contributed by atoms with Crippen molar-refractivity contribution < 1.29 is 13.2 Å². The smallest absolute Gasteiger partial charge is 0.338 e. The van der Waals surface area contributed by atoms with Crippen molar-refractivity contribution in [1.29, 1.82) is 0 Å². The summed E-state index contributed by atoms with van der Waals surface area (Å²) < 4.78 is 39.4. The van der Waals surface area contributed by atoms with Gasteiger partial charge in [0, 0.05) is 23.6 Å². The highest BCUT2D eigenvalue weighted by Crippen LogP contribution is 2.48. The first-order valence-corrected chi connectivity index (χ1v) is 14.4. The quantitative estimate of drug-likeness (QED) is 0.282. The number of imidazole rings is 1. The number of aryl methyl sites for hydroxylation is 1. The maximum absolute atomic E-state index is 13.1. The average Bonchev–Trinajstić information content (AvgIpc) is 3.67. The second kappa shape index (κ2) is 9.34. The van der Waals surface area contributed by atoms with Gasteiger partial charge in [-0.1, -0.05) is 55.5 Å². The molecule has 2 aliphatic carbocycles. The number of nitrogens with one attached hydrogen (secondary N) is 1. The Morgan fingerprint density at radius 2 is 1.88 bits per heavy atom. The molecule has 1 aromatic heterocycles. The van der Waals surface area contributed by atoms with E-state index < -0.39 is 11.7 Å². The van der Waals surface area contributed by atoms with Crippen LogP contribution in [0.4, 0.5) is 13.2 Å². The fourth-order valence-corrected chi connectivity index (χ4v) is 7.73. The molecule has 1 saturated heterocycles. The summed E-state index contributed by atoms with van der Waals surface area (Å²) in [5.74, 6) is 1.71. The van der Waals surface area contributed by atoms with Gasteiger partial charge in [-0.3, -0.25) is 0 Å². The Morgan fingerprint density at radius 3 is 2.67 bits per heavy atom. The fourth-order valence-electron chi connectivity index (χ4n) is 7.73. The number of rotatable bonds is 3. The van der Waals surface area contributed by atoms with Gasteiger partial charge in [-0.25, -0.2) is 4.98 Å². The molecule has 1 aliphatic heterocycles. The summed E-state index contributed by atoms with van der Waals surface area (Å²) in [5.41, 5.74) is 6.86. The topological polar surface area (TPSA) is 31.9 Å². The van der Waals surface area contributed by atoms with Crippen molar-refractivity contribution >= 4 is 17.1 Å². The van der Waals surface area contributed by atoms with Gasteiger partial charge in [-0.2, -0.15) is 13.2 Å². The van der Waals surface area contributed by atoms with Crippen LogP contribution in [0.25, 0.3) is 28.5 Å². The third kappa shape index (κ3) is 4.19.